The highest BCUT2D eigenvalue weighted by molar-refractivity contribution is 6.30. The van der Waals surface area contributed by atoms with Crippen LogP contribution in [0.4, 0.5) is 5.69 Å². The third-order valence-electron chi connectivity index (χ3n) is 4.11. The van der Waals surface area contributed by atoms with Gasteiger partial charge < -0.3 is 10.2 Å². The molecule has 0 bridgehead atoms. The minimum absolute atomic E-state index is 0.368. The molecule has 1 aliphatic heterocycles. The normalized spacial score (nSPS) is 19.3. The molecule has 1 unspecified atom stereocenters. The Kier molecular flexibility index (Phi) is 4.47. The van der Waals surface area contributed by atoms with Crippen molar-refractivity contribution in [3.8, 4) is 0 Å². The van der Waals surface area contributed by atoms with Crippen molar-refractivity contribution in [2.24, 2.45) is 0 Å². The van der Waals surface area contributed by atoms with Crippen LogP contribution in [0.3, 0.4) is 0 Å². The van der Waals surface area contributed by atoms with Crippen molar-refractivity contribution >= 4 is 17.3 Å². The molecule has 21 heavy (non-hydrogen) atoms. The predicted molar refractivity (Wildman–Crippen MR) is 90.2 cm³/mol. The van der Waals surface area contributed by atoms with Crippen LogP contribution in [0, 0.1) is 6.92 Å². The van der Waals surface area contributed by atoms with Crippen LogP contribution >= 0.6 is 11.6 Å². The molecule has 2 aromatic rings. The molecule has 0 radical (unpaired) electrons. The van der Waals surface area contributed by atoms with E-state index < -0.39 is 0 Å². The van der Waals surface area contributed by atoms with Crippen LogP contribution in [0.15, 0.2) is 48.5 Å². The van der Waals surface area contributed by atoms with E-state index in [0.717, 1.165) is 31.1 Å². The molecule has 0 amide bonds. The van der Waals surface area contributed by atoms with Crippen molar-refractivity contribution in [3.63, 3.8) is 0 Å². The standard InChI is InChI=1S/C18H21ClN2/c1-14-8-9-16(19)12-18(14)21-11-5-10-20-17(13-21)15-6-3-2-4-7-15/h2-4,6-9,12,17,20H,5,10-11,13H2,1H3. The van der Waals surface area contributed by atoms with Gasteiger partial charge in [0.25, 0.3) is 0 Å². The van der Waals surface area contributed by atoms with Gasteiger partial charge in [0.15, 0.2) is 0 Å². The lowest BCUT2D eigenvalue weighted by molar-refractivity contribution is 0.570. The number of anilines is 1. The summed E-state index contributed by atoms with van der Waals surface area (Å²) in [6.45, 7) is 5.25. The quantitative estimate of drug-likeness (QED) is 0.894. The third kappa shape index (κ3) is 3.39. The fraction of sp³-hybridized carbons (Fsp3) is 0.333. The fourth-order valence-electron chi connectivity index (χ4n) is 2.97. The zero-order valence-electron chi connectivity index (χ0n) is 12.3. The van der Waals surface area contributed by atoms with Gasteiger partial charge in [-0.05, 0) is 43.1 Å². The highest BCUT2D eigenvalue weighted by atomic mass is 35.5. The van der Waals surface area contributed by atoms with E-state index in [-0.39, 0.29) is 0 Å². The summed E-state index contributed by atoms with van der Waals surface area (Å²) in [4.78, 5) is 2.46. The number of nitrogens with zero attached hydrogens (tertiary/aromatic N) is 1. The van der Waals surface area contributed by atoms with Crippen LogP contribution < -0.4 is 10.2 Å². The Labute approximate surface area is 131 Å². The summed E-state index contributed by atoms with van der Waals surface area (Å²) in [5.74, 6) is 0. The molecule has 0 spiro atoms. The van der Waals surface area contributed by atoms with Crippen molar-refractivity contribution in [1.82, 2.24) is 5.32 Å². The topological polar surface area (TPSA) is 15.3 Å². The lowest BCUT2D eigenvalue weighted by Gasteiger charge is -2.28. The zero-order valence-corrected chi connectivity index (χ0v) is 13.1. The van der Waals surface area contributed by atoms with Gasteiger partial charge in [-0.25, -0.2) is 0 Å². The molecule has 1 atom stereocenters. The summed E-state index contributed by atoms with van der Waals surface area (Å²) in [5.41, 5.74) is 3.89. The first-order valence-corrected chi connectivity index (χ1v) is 7.91. The second-order valence-corrected chi connectivity index (χ2v) is 6.08. The smallest absolute Gasteiger partial charge is 0.0498 e. The van der Waals surface area contributed by atoms with Crippen molar-refractivity contribution in [2.45, 2.75) is 19.4 Å². The first kappa shape index (κ1) is 14.4. The molecule has 1 N–H and O–H groups in total. The maximum atomic E-state index is 6.19. The Hall–Kier alpha value is -1.51. The SMILES string of the molecule is Cc1ccc(Cl)cc1N1CCCNC(c2ccccc2)C1. The number of hydrogen-bond donors (Lipinski definition) is 1. The van der Waals surface area contributed by atoms with Crippen molar-refractivity contribution in [2.75, 3.05) is 24.5 Å². The molecule has 0 aromatic heterocycles. The van der Waals surface area contributed by atoms with Gasteiger partial charge in [0.1, 0.15) is 0 Å². The molecule has 0 saturated carbocycles. The molecular formula is C18H21ClN2. The Morgan fingerprint density at radius 1 is 1.14 bits per heavy atom. The number of rotatable bonds is 2. The molecule has 1 heterocycles. The first-order chi connectivity index (χ1) is 10.2. The van der Waals surface area contributed by atoms with Gasteiger partial charge in [0.2, 0.25) is 0 Å². The van der Waals surface area contributed by atoms with E-state index in [9.17, 15) is 0 Å². The Morgan fingerprint density at radius 2 is 1.95 bits per heavy atom. The summed E-state index contributed by atoms with van der Waals surface area (Å²) in [6, 6.07) is 17.2. The largest absolute Gasteiger partial charge is 0.369 e. The summed E-state index contributed by atoms with van der Waals surface area (Å²) < 4.78 is 0. The maximum Gasteiger partial charge on any atom is 0.0498 e. The lowest BCUT2D eigenvalue weighted by Crippen LogP contribution is -2.31. The van der Waals surface area contributed by atoms with E-state index in [1.54, 1.807) is 0 Å². The van der Waals surface area contributed by atoms with E-state index in [1.807, 2.05) is 6.07 Å². The molecule has 1 fully saturated rings. The Balaban J connectivity index is 1.87. The highest BCUT2D eigenvalue weighted by Gasteiger charge is 2.20. The first-order valence-electron chi connectivity index (χ1n) is 7.53. The number of benzene rings is 2. The van der Waals surface area contributed by atoms with E-state index in [0.29, 0.717) is 6.04 Å². The van der Waals surface area contributed by atoms with E-state index in [1.165, 1.54) is 16.8 Å². The third-order valence-corrected chi connectivity index (χ3v) is 4.35. The zero-order chi connectivity index (χ0) is 14.7. The van der Waals surface area contributed by atoms with Crippen LogP contribution in [0.25, 0.3) is 0 Å². The van der Waals surface area contributed by atoms with Gasteiger partial charge in [-0.2, -0.15) is 0 Å². The summed E-state index contributed by atoms with van der Waals surface area (Å²) >= 11 is 6.19. The van der Waals surface area contributed by atoms with Crippen molar-refractivity contribution < 1.29 is 0 Å². The van der Waals surface area contributed by atoms with Gasteiger partial charge in [0.05, 0.1) is 0 Å². The second-order valence-electron chi connectivity index (χ2n) is 5.65. The van der Waals surface area contributed by atoms with Crippen LogP contribution in [0.1, 0.15) is 23.6 Å². The summed E-state index contributed by atoms with van der Waals surface area (Å²) in [6.07, 6.45) is 1.15. The van der Waals surface area contributed by atoms with Crippen molar-refractivity contribution in [1.29, 1.82) is 0 Å². The average Bonchev–Trinajstić information content (AvgIpc) is 2.76. The molecular weight excluding hydrogens is 280 g/mol. The number of aryl methyl sites for hydroxylation is 1. The summed E-state index contributed by atoms with van der Waals surface area (Å²) in [7, 11) is 0. The monoisotopic (exact) mass is 300 g/mol. The van der Waals surface area contributed by atoms with Crippen LogP contribution in [-0.4, -0.2) is 19.6 Å². The molecule has 110 valence electrons. The number of hydrogen-bond acceptors (Lipinski definition) is 2. The molecule has 3 heteroatoms. The fourth-order valence-corrected chi connectivity index (χ4v) is 3.14. The Morgan fingerprint density at radius 3 is 2.76 bits per heavy atom. The maximum absolute atomic E-state index is 6.19. The highest BCUT2D eigenvalue weighted by Crippen LogP contribution is 2.27. The predicted octanol–water partition coefficient (Wildman–Crippen LogP) is 4.19. The van der Waals surface area contributed by atoms with Crippen molar-refractivity contribution in [3.05, 3.63) is 64.7 Å². The van der Waals surface area contributed by atoms with E-state index >= 15 is 0 Å². The van der Waals surface area contributed by atoms with Gasteiger partial charge in [-0.1, -0.05) is 48.0 Å². The lowest BCUT2D eigenvalue weighted by atomic mass is 10.1. The van der Waals surface area contributed by atoms with Gasteiger partial charge >= 0.3 is 0 Å². The molecule has 2 nitrogen and oxygen atoms in total. The van der Waals surface area contributed by atoms with Gasteiger partial charge in [0, 0.05) is 29.8 Å². The Bertz CT molecular complexity index is 597. The number of halogens is 1. The second kappa shape index (κ2) is 6.50. The van der Waals surface area contributed by atoms with Crippen LogP contribution in [-0.2, 0) is 0 Å². The number of nitrogens with one attached hydrogen (secondary N) is 1. The van der Waals surface area contributed by atoms with Gasteiger partial charge in [-0.15, -0.1) is 0 Å². The molecule has 3 rings (SSSR count). The molecule has 1 aliphatic rings. The van der Waals surface area contributed by atoms with Gasteiger partial charge in [-0.3, -0.25) is 0 Å². The minimum Gasteiger partial charge on any atom is -0.369 e. The van der Waals surface area contributed by atoms with Crippen LogP contribution in [0.2, 0.25) is 5.02 Å². The minimum atomic E-state index is 0.368. The van der Waals surface area contributed by atoms with Crippen LogP contribution in [0.5, 0.6) is 0 Å². The molecule has 1 saturated heterocycles. The molecule has 2 aromatic carbocycles. The molecule has 0 aliphatic carbocycles. The van der Waals surface area contributed by atoms with E-state index in [4.69, 9.17) is 11.6 Å². The summed E-state index contributed by atoms with van der Waals surface area (Å²) in [5, 5.41) is 4.47. The average molecular weight is 301 g/mol. The van der Waals surface area contributed by atoms with E-state index in [2.05, 4.69) is 59.6 Å².